The van der Waals surface area contributed by atoms with Crippen LogP contribution in [-0.2, 0) is 19.1 Å². The van der Waals surface area contributed by atoms with E-state index in [4.69, 9.17) is 9.92 Å². The first-order valence-corrected chi connectivity index (χ1v) is 10.2. The van der Waals surface area contributed by atoms with Gasteiger partial charge in [0.25, 0.3) is 5.91 Å². The fraction of sp³-hybridized carbons (Fsp3) is 0.824. The van der Waals surface area contributed by atoms with Crippen LogP contribution in [0.1, 0.15) is 84.0 Å². The highest BCUT2D eigenvalue weighted by Crippen LogP contribution is 2.12. The summed E-state index contributed by atoms with van der Waals surface area (Å²) in [5.41, 5.74) is 4.87. The van der Waals surface area contributed by atoms with Crippen molar-refractivity contribution in [1.82, 2.24) is 0 Å². The van der Waals surface area contributed by atoms with E-state index in [1.165, 1.54) is 57.8 Å². The predicted molar refractivity (Wildman–Crippen MR) is 94.3 cm³/mol. The van der Waals surface area contributed by atoms with Crippen molar-refractivity contribution in [2.75, 3.05) is 6.61 Å². The minimum absolute atomic E-state index is 0.0755. The smallest absolute Gasteiger partial charge is 0.301 e. The number of nitrogens with two attached hydrogens (primary N) is 1. The van der Waals surface area contributed by atoms with Gasteiger partial charge in [-0.3, -0.25) is 8.98 Å². The van der Waals surface area contributed by atoms with Gasteiger partial charge in [-0.15, -0.1) is 0 Å². The number of carbonyl (C=O) groups is 1. The number of hydrogen-bond donors (Lipinski definition) is 1. The molecule has 0 aliphatic rings. The van der Waals surface area contributed by atoms with Crippen LogP contribution in [0.3, 0.4) is 0 Å². The van der Waals surface area contributed by atoms with Gasteiger partial charge in [0.2, 0.25) is 0 Å². The number of carbonyl (C=O) groups excluding carboxylic acids is 1. The molecule has 0 unspecified atom stereocenters. The molecule has 0 aromatic heterocycles. The second-order valence-corrected chi connectivity index (χ2v) is 7.59. The Morgan fingerprint density at radius 2 is 1.26 bits per heavy atom. The molecule has 0 heterocycles. The zero-order valence-electron chi connectivity index (χ0n) is 14.5. The number of hydrogen-bond acceptors (Lipinski definition) is 4. The Labute approximate surface area is 141 Å². The Morgan fingerprint density at radius 1 is 0.870 bits per heavy atom. The van der Waals surface area contributed by atoms with Crippen LogP contribution in [0.25, 0.3) is 0 Å². The third-order valence-electron chi connectivity index (χ3n) is 3.81. The van der Waals surface area contributed by atoms with Crippen molar-refractivity contribution in [3.63, 3.8) is 0 Å². The lowest BCUT2D eigenvalue weighted by atomic mass is 10.1. The summed E-state index contributed by atoms with van der Waals surface area (Å²) in [5, 5.41) is 0. The molecule has 0 aromatic rings. The zero-order valence-corrected chi connectivity index (χ0v) is 15.3. The molecular formula is C17H33NO4S. The van der Waals surface area contributed by atoms with Gasteiger partial charge in [0.05, 0.1) is 6.61 Å². The van der Waals surface area contributed by atoms with Crippen molar-refractivity contribution >= 4 is 16.0 Å². The number of rotatable bonds is 16. The fourth-order valence-corrected chi connectivity index (χ4v) is 3.03. The van der Waals surface area contributed by atoms with Crippen LogP contribution in [-0.4, -0.2) is 20.9 Å². The summed E-state index contributed by atoms with van der Waals surface area (Å²) in [6.45, 7) is 5.42. The summed E-state index contributed by atoms with van der Waals surface area (Å²) in [6, 6.07) is 0. The van der Waals surface area contributed by atoms with Crippen molar-refractivity contribution in [2.24, 2.45) is 5.73 Å². The molecule has 0 saturated carbocycles. The summed E-state index contributed by atoms with van der Waals surface area (Å²) in [4.78, 5) is 10.1. The van der Waals surface area contributed by atoms with E-state index >= 15 is 0 Å². The molecule has 136 valence electrons. The van der Waals surface area contributed by atoms with Gasteiger partial charge in [-0.1, -0.05) is 84.1 Å². The molecule has 0 aliphatic heterocycles. The van der Waals surface area contributed by atoms with Crippen molar-refractivity contribution < 1.29 is 17.4 Å². The topological polar surface area (TPSA) is 86.5 Å². The van der Waals surface area contributed by atoms with Crippen LogP contribution in [0.15, 0.2) is 11.5 Å². The molecule has 6 heteroatoms. The van der Waals surface area contributed by atoms with Crippen molar-refractivity contribution in [2.45, 2.75) is 84.0 Å². The fourth-order valence-electron chi connectivity index (χ4n) is 2.31. The van der Waals surface area contributed by atoms with Crippen molar-refractivity contribution in [3.8, 4) is 0 Å². The molecule has 0 radical (unpaired) electrons. The largest absolute Gasteiger partial charge is 0.365 e. The second-order valence-electron chi connectivity index (χ2n) is 5.95. The molecule has 2 N–H and O–H groups in total. The standard InChI is InChI=1S/C17H33NO4S/c1-3-4-5-6-7-8-9-10-11-12-13-14-15-22-23(20,21)16(2)17(18)19/h2-15H2,1H3,(H2,18,19). The molecule has 1 amide bonds. The van der Waals surface area contributed by atoms with Crippen LogP contribution < -0.4 is 5.73 Å². The second kappa shape index (κ2) is 13.5. The Balaban J connectivity index is 3.40. The molecule has 23 heavy (non-hydrogen) atoms. The van der Waals surface area contributed by atoms with E-state index in [2.05, 4.69) is 13.5 Å². The first-order chi connectivity index (χ1) is 10.9. The van der Waals surface area contributed by atoms with E-state index in [1.807, 2.05) is 0 Å². The highest BCUT2D eigenvalue weighted by atomic mass is 32.2. The minimum atomic E-state index is -4.04. The quantitative estimate of drug-likeness (QED) is 0.259. The summed E-state index contributed by atoms with van der Waals surface area (Å²) < 4.78 is 27.6. The van der Waals surface area contributed by atoms with Gasteiger partial charge in [-0.25, -0.2) is 0 Å². The molecular weight excluding hydrogens is 314 g/mol. The van der Waals surface area contributed by atoms with E-state index in [9.17, 15) is 13.2 Å². The third kappa shape index (κ3) is 12.2. The SMILES string of the molecule is C=C(C(N)=O)S(=O)(=O)OCCCCCCCCCCCCCC. The van der Waals surface area contributed by atoms with Gasteiger partial charge in [0, 0.05) is 0 Å². The highest BCUT2D eigenvalue weighted by Gasteiger charge is 2.20. The van der Waals surface area contributed by atoms with E-state index in [0.29, 0.717) is 6.42 Å². The van der Waals surface area contributed by atoms with Gasteiger partial charge in [0.15, 0.2) is 4.91 Å². The van der Waals surface area contributed by atoms with Crippen LogP contribution in [0.2, 0.25) is 0 Å². The summed E-state index contributed by atoms with van der Waals surface area (Å²) in [7, 11) is -4.04. The molecule has 0 atom stereocenters. The molecule has 0 aromatic carbocycles. The van der Waals surface area contributed by atoms with Crippen LogP contribution >= 0.6 is 0 Å². The monoisotopic (exact) mass is 347 g/mol. The maximum absolute atomic E-state index is 11.5. The van der Waals surface area contributed by atoms with Crippen molar-refractivity contribution in [1.29, 1.82) is 0 Å². The first-order valence-electron chi connectivity index (χ1n) is 8.80. The average molecular weight is 348 g/mol. The van der Waals surface area contributed by atoms with Gasteiger partial charge in [-0.2, -0.15) is 8.42 Å². The normalized spacial score (nSPS) is 11.5. The Hall–Kier alpha value is -0.880. The summed E-state index contributed by atoms with van der Waals surface area (Å²) in [6.07, 6.45) is 14.4. The van der Waals surface area contributed by atoms with Crippen molar-refractivity contribution in [3.05, 3.63) is 11.5 Å². The first kappa shape index (κ1) is 22.1. The van der Waals surface area contributed by atoms with Gasteiger partial charge in [0.1, 0.15) is 0 Å². The predicted octanol–water partition coefficient (Wildman–Crippen LogP) is 4.03. The van der Waals surface area contributed by atoms with Crippen LogP contribution in [0.4, 0.5) is 0 Å². The Morgan fingerprint density at radius 3 is 1.65 bits per heavy atom. The Kier molecular flexibility index (Phi) is 13.0. The van der Waals surface area contributed by atoms with E-state index < -0.39 is 20.9 Å². The van der Waals surface area contributed by atoms with Gasteiger partial charge in [-0.05, 0) is 6.42 Å². The molecule has 0 saturated heterocycles. The lowest BCUT2D eigenvalue weighted by Crippen LogP contribution is -2.22. The van der Waals surface area contributed by atoms with E-state index in [0.717, 1.165) is 12.8 Å². The summed E-state index contributed by atoms with van der Waals surface area (Å²) >= 11 is 0. The zero-order chi connectivity index (χ0) is 17.6. The molecule has 0 fully saturated rings. The number of amides is 1. The highest BCUT2D eigenvalue weighted by molar-refractivity contribution is 7.91. The maximum atomic E-state index is 11.5. The molecule has 0 rings (SSSR count). The minimum Gasteiger partial charge on any atom is -0.365 e. The van der Waals surface area contributed by atoms with Gasteiger partial charge >= 0.3 is 10.1 Å². The third-order valence-corrected chi connectivity index (χ3v) is 5.09. The lowest BCUT2D eigenvalue weighted by Gasteiger charge is -2.05. The molecule has 0 bridgehead atoms. The average Bonchev–Trinajstić information content (AvgIpc) is 2.50. The number of primary amides is 1. The van der Waals surface area contributed by atoms with E-state index in [-0.39, 0.29) is 6.61 Å². The lowest BCUT2D eigenvalue weighted by molar-refractivity contribution is -0.114. The summed E-state index contributed by atoms with van der Waals surface area (Å²) in [5.74, 6) is -1.07. The molecule has 0 spiro atoms. The molecule has 5 nitrogen and oxygen atoms in total. The van der Waals surface area contributed by atoms with E-state index in [1.54, 1.807) is 0 Å². The molecule has 0 aliphatic carbocycles. The van der Waals surface area contributed by atoms with Crippen LogP contribution in [0.5, 0.6) is 0 Å². The number of unbranched alkanes of at least 4 members (excludes halogenated alkanes) is 11. The maximum Gasteiger partial charge on any atom is 0.301 e. The Bertz CT molecular complexity index is 432. The van der Waals surface area contributed by atoms with Crippen LogP contribution in [0, 0.1) is 0 Å². The van der Waals surface area contributed by atoms with Gasteiger partial charge < -0.3 is 5.73 Å².